The smallest absolute Gasteiger partial charge is 0.163 e. The standard InChI is InChI=1S/C20H36O3/c1-5-6-7-8-9-10-11-13-20(14-12-17(2)15-22-20)18-16-21-19(3,4)23-18/h12,18H,5-11,13-16H2,1-4H3/t18-,20+/m1/s1. The molecule has 2 aliphatic heterocycles. The molecule has 134 valence electrons. The third kappa shape index (κ3) is 5.58. The average molecular weight is 325 g/mol. The van der Waals surface area contributed by atoms with E-state index in [1.807, 2.05) is 13.8 Å². The molecule has 2 heterocycles. The van der Waals surface area contributed by atoms with Crippen molar-refractivity contribution in [1.82, 2.24) is 0 Å². The monoisotopic (exact) mass is 324 g/mol. The Morgan fingerprint density at radius 3 is 2.30 bits per heavy atom. The van der Waals surface area contributed by atoms with Gasteiger partial charge in [-0.3, -0.25) is 0 Å². The van der Waals surface area contributed by atoms with Gasteiger partial charge in [0.15, 0.2) is 5.79 Å². The Hall–Kier alpha value is -0.380. The summed E-state index contributed by atoms with van der Waals surface area (Å²) in [7, 11) is 0. The third-order valence-electron chi connectivity index (χ3n) is 5.18. The van der Waals surface area contributed by atoms with E-state index in [1.54, 1.807) is 0 Å². The molecule has 2 rings (SSSR count). The van der Waals surface area contributed by atoms with E-state index < -0.39 is 5.79 Å². The van der Waals surface area contributed by atoms with Crippen LogP contribution in [0.2, 0.25) is 0 Å². The molecule has 0 saturated carbocycles. The third-order valence-corrected chi connectivity index (χ3v) is 5.18. The molecule has 0 spiro atoms. The topological polar surface area (TPSA) is 27.7 Å². The van der Waals surface area contributed by atoms with Crippen molar-refractivity contribution >= 4 is 0 Å². The van der Waals surface area contributed by atoms with Gasteiger partial charge in [0.1, 0.15) is 11.7 Å². The number of ether oxygens (including phenoxy) is 3. The number of hydrogen-bond acceptors (Lipinski definition) is 3. The van der Waals surface area contributed by atoms with Gasteiger partial charge in [-0.05, 0) is 33.6 Å². The van der Waals surface area contributed by atoms with Gasteiger partial charge in [-0.15, -0.1) is 0 Å². The molecule has 0 aromatic heterocycles. The molecule has 2 aliphatic rings. The Bertz CT molecular complexity index is 388. The summed E-state index contributed by atoms with van der Waals surface area (Å²) in [5.74, 6) is -0.475. The minimum absolute atomic E-state index is 0.0574. The summed E-state index contributed by atoms with van der Waals surface area (Å²) in [5, 5.41) is 0. The van der Waals surface area contributed by atoms with E-state index in [-0.39, 0.29) is 11.7 Å². The van der Waals surface area contributed by atoms with Crippen molar-refractivity contribution in [3.05, 3.63) is 11.6 Å². The SMILES string of the molecule is CCCCCCCCC[C@@]1([C@H]2COC(C)(C)O2)CC=C(C)CO1. The van der Waals surface area contributed by atoms with Gasteiger partial charge in [-0.25, -0.2) is 0 Å². The van der Waals surface area contributed by atoms with Crippen molar-refractivity contribution in [1.29, 1.82) is 0 Å². The second-order valence-corrected chi connectivity index (χ2v) is 7.80. The van der Waals surface area contributed by atoms with Crippen LogP contribution < -0.4 is 0 Å². The van der Waals surface area contributed by atoms with E-state index in [2.05, 4.69) is 19.9 Å². The van der Waals surface area contributed by atoms with Crippen LogP contribution in [0.4, 0.5) is 0 Å². The van der Waals surface area contributed by atoms with Gasteiger partial charge in [0.25, 0.3) is 0 Å². The highest BCUT2D eigenvalue weighted by Crippen LogP contribution is 2.39. The van der Waals surface area contributed by atoms with Gasteiger partial charge in [-0.1, -0.05) is 63.5 Å². The molecule has 0 radical (unpaired) electrons. The van der Waals surface area contributed by atoms with Crippen LogP contribution in [0.25, 0.3) is 0 Å². The van der Waals surface area contributed by atoms with E-state index in [0.29, 0.717) is 6.61 Å². The lowest BCUT2D eigenvalue weighted by Crippen LogP contribution is -2.48. The van der Waals surface area contributed by atoms with E-state index in [9.17, 15) is 0 Å². The summed E-state index contributed by atoms with van der Waals surface area (Å²) >= 11 is 0. The predicted octanol–water partition coefficient (Wildman–Crippen LogP) is 5.38. The van der Waals surface area contributed by atoms with E-state index in [1.165, 1.54) is 50.5 Å². The van der Waals surface area contributed by atoms with Crippen molar-refractivity contribution in [2.24, 2.45) is 0 Å². The summed E-state index contributed by atoms with van der Waals surface area (Å²) in [6, 6.07) is 0. The quantitative estimate of drug-likeness (QED) is 0.421. The number of hydrogen-bond donors (Lipinski definition) is 0. The van der Waals surface area contributed by atoms with Crippen molar-refractivity contribution in [2.75, 3.05) is 13.2 Å². The molecule has 0 bridgehead atoms. The summed E-state index contributed by atoms with van der Waals surface area (Å²) < 4.78 is 18.3. The predicted molar refractivity (Wildman–Crippen MR) is 94.6 cm³/mol. The lowest BCUT2D eigenvalue weighted by molar-refractivity contribution is -0.185. The normalized spacial score (nSPS) is 30.4. The van der Waals surface area contributed by atoms with Gasteiger partial charge >= 0.3 is 0 Å². The highest BCUT2D eigenvalue weighted by molar-refractivity contribution is 5.10. The largest absolute Gasteiger partial charge is 0.368 e. The molecule has 0 unspecified atom stereocenters. The zero-order valence-electron chi connectivity index (χ0n) is 15.7. The fraction of sp³-hybridized carbons (Fsp3) is 0.900. The molecule has 0 aromatic carbocycles. The van der Waals surface area contributed by atoms with Crippen molar-refractivity contribution in [3.8, 4) is 0 Å². The minimum Gasteiger partial charge on any atom is -0.368 e. The number of unbranched alkanes of at least 4 members (excludes halogenated alkanes) is 6. The first kappa shape index (κ1) is 19.0. The van der Waals surface area contributed by atoms with Crippen LogP contribution in [0.5, 0.6) is 0 Å². The van der Waals surface area contributed by atoms with Gasteiger partial charge in [-0.2, -0.15) is 0 Å². The first-order chi connectivity index (χ1) is 11.0. The Morgan fingerprint density at radius 1 is 1.04 bits per heavy atom. The fourth-order valence-corrected chi connectivity index (χ4v) is 3.61. The maximum absolute atomic E-state index is 6.33. The first-order valence-corrected chi connectivity index (χ1v) is 9.59. The fourth-order valence-electron chi connectivity index (χ4n) is 3.61. The Morgan fingerprint density at radius 2 is 1.74 bits per heavy atom. The van der Waals surface area contributed by atoms with Crippen molar-refractivity contribution in [3.63, 3.8) is 0 Å². The molecular formula is C20H36O3. The molecule has 3 heteroatoms. The molecule has 1 saturated heterocycles. The van der Waals surface area contributed by atoms with Gasteiger partial charge in [0, 0.05) is 0 Å². The second-order valence-electron chi connectivity index (χ2n) is 7.80. The highest BCUT2D eigenvalue weighted by Gasteiger charge is 2.48. The molecule has 2 atom stereocenters. The molecule has 3 nitrogen and oxygen atoms in total. The number of rotatable bonds is 9. The van der Waals surface area contributed by atoms with Crippen molar-refractivity contribution in [2.45, 2.75) is 103 Å². The zero-order chi connectivity index (χ0) is 16.8. The second kappa shape index (κ2) is 8.64. The van der Waals surface area contributed by atoms with Crippen molar-refractivity contribution < 1.29 is 14.2 Å². The summed E-state index contributed by atoms with van der Waals surface area (Å²) in [4.78, 5) is 0. The van der Waals surface area contributed by atoms with Crippen LogP contribution in [-0.4, -0.2) is 30.7 Å². The van der Waals surface area contributed by atoms with Crippen LogP contribution in [0.1, 0.15) is 85.5 Å². The summed E-state index contributed by atoms with van der Waals surface area (Å²) in [5.41, 5.74) is 1.15. The van der Waals surface area contributed by atoms with E-state index in [4.69, 9.17) is 14.2 Å². The highest BCUT2D eigenvalue weighted by atomic mass is 16.8. The van der Waals surface area contributed by atoms with Gasteiger partial charge < -0.3 is 14.2 Å². The van der Waals surface area contributed by atoms with Gasteiger partial charge in [0.2, 0.25) is 0 Å². The zero-order valence-corrected chi connectivity index (χ0v) is 15.7. The lowest BCUT2D eigenvalue weighted by atomic mass is 9.84. The molecule has 0 aliphatic carbocycles. The van der Waals surface area contributed by atoms with E-state index in [0.717, 1.165) is 19.4 Å². The molecular weight excluding hydrogens is 288 g/mol. The summed E-state index contributed by atoms with van der Waals surface area (Å²) in [6.45, 7) is 9.79. The molecule has 1 fully saturated rings. The molecule has 0 aromatic rings. The maximum Gasteiger partial charge on any atom is 0.163 e. The Kier molecular flexibility index (Phi) is 7.12. The van der Waals surface area contributed by atoms with Gasteiger partial charge in [0.05, 0.1) is 13.2 Å². The Balaban J connectivity index is 1.83. The van der Waals surface area contributed by atoms with Crippen LogP contribution >= 0.6 is 0 Å². The molecule has 0 N–H and O–H groups in total. The average Bonchev–Trinajstić information content (AvgIpc) is 2.89. The minimum atomic E-state index is -0.475. The Labute approximate surface area is 142 Å². The lowest BCUT2D eigenvalue weighted by Gasteiger charge is -2.40. The van der Waals surface area contributed by atoms with E-state index >= 15 is 0 Å². The molecule has 23 heavy (non-hydrogen) atoms. The maximum atomic E-state index is 6.33. The van der Waals surface area contributed by atoms with Crippen LogP contribution in [0.3, 0.4) is 0 Å². The first-order valence-electron chi connectivity index (χ1n) is 9.59. The molecule has 0 amide bonds. The summed E-state index contributed by atoms with van der Waals surface area (Å²) in [6.07, 6.45) is 13.7. The van der Waals surface area contributed by atoms with Crippen LogP contribution in [0, 0.1) is 0 Å². The van der Waals surface area contributed by atoms with Crippen LogP contribution in [-0.2, 0) is 14.2 Å². The van der Waals surface area contributed by atoms with Crippen LogP contribution in [0.15, 0.2) is 11.6 Å².